The molecule has 0 aliphatic carbocycles. The van der Waals surface area contributed by atoms with Gasteiger partial charge in [-0.05, 0) is 13.0 Å². The summed E-state index contributed by atoms with van der Waals surface area (Å²) in [7, 11) is -3.44. The molecule has 0 fully saturated rings. The van der Waals surface area contributed by atoms with Crippen molar-refractivity contribution >= 4 is 27.6 Å². The van der Waals surface area contributed by atoms with Gasteiger partial charge in [-0.1, -0.05) is 0 Å². The van der Waals surface area contributed by atoms with Crippen molar-refractivity contribution < 1.29 is 23.1 Å². The van der Waals surface area contributed by atoms with Crippen LogP contribution in [0, 0.1) is 0 Å². The van der Waals surface area contributed by atoms with Crippen molar-refractivity contribution in [1.29, 1.82) is 0 Å². The second-order valence-corrected chi connectivity index (χ2v) is 6.50. The van der Waals surface area contributed by atoms with Gasteiger partial charge in [-0.15, -0.1) is 0 Å². The lowest BCUT2D eigenvalue weighted by Crippen LogP contribution is -2.39. The van der Waals surface area contributed by atoms with E-state index in [2.05, 4.69) is 10.0 Å². The molecule has 2 heterocycles. The number of fused-ring (bicyclic) bond motifs is 1. The number of nitrogens with zero attached hydrogens (tertiary/aromatic N) is 1. The Labute approximate surface area is 115 Å². The van der Waals surface area contributed by atoms with Gasteiger partial charge in [0.15, 0.2) is 0 Å². The van der Waals surface area contributed by atoms with E-state index in [1.807, 2.05) is 0 Å². The van der Waals surface area contributed by atoms with Crippen LogP contribution in [0.4, 0.5) is 5.69 Å². The summed E-state index contributed by atoms with van der Waals surface area (Å²) in [6.07, 6.45) is 1.30. The van der Waals surface area contributed by atoms with Gasteiger partial charge in [-0.3, -0.25) is 14.3 Å². The van der Waals surface area contributed by atoms with E-state index in [-0.39, 0.29) is 36.0 Å². The normalized spacial score (nSPS) is 18.2. The van der Waals surface area contributed by atoms with Gasteiger partial charge in [0, 0.05) is 12.7 Å². The number of carboxylic acid groups (broad SMARTS) is 1. The van der Waals surface area contributed by atoms with Crippen LogP contribution in [0.25, 0.3) is 0 Å². The summed E-state index contributed by atoms with van der Waals surface area (Å²) in [5.74, 6) is -1.42. The topological polar surface area (TPSA) is 118 Å². The Morgan fingerprint density at radius 2 is 2.30 bits per heavy atom. The minimum atomic E-state index is -3.44. The van der Waals surface area contributed by atoms with E-state index in [0.717, 1.165) is 0 Å². The van der Waals surface area contributed by atoms with Gasteiger partial charge >= 0.3 is 5.97 Å². The number of hydrogen-bond acceptors (Lipinski definition) is 4. The quantitative estimate of drug-likeness (QED) is 0.708. The molecule has 20 heavy (non-hydrogen) atoms. The lowest BCUT2D eigenvalue weighted by molar-refractivity contribution is -0.137. The van der Waals surface area contributed by atoms with E-state index in [9.17, 15) is 18.0 Å². The first-order chi connectivity index (χ1) is 9.32. The minimum absolute atomic E-state index is 0.0851. The molecule has 8 nitrogen and oxygen atoms in total. The molecular formula is C11H15N3O5S. The number of amides is 1. The molecule has 0 saturated carbocycles. The Morgan fingerprint density at radius 1 is 1.60 bits per heavy atom. The Morgan fingerprint density at radius 3 is 2.90 bits per heavy atom. The van der Waals surface area contributed by atoms with Crippen LogP contribution in [-0.4, -0.2) is 42.3 Å². The smallest absolute Gasteiger partial charge is 0.305 e. The third kappa shape index (κ3) is 2.93. The van der Waals surface area contributed by atoms with Gasteiger partial charge in [0.25, 0.3) is 5.91 Å². The molecule has 1 unspecified atom stereocenters. The van der Waals surface area contributed by atoms with Crippen molar-refractivity contribution in [3.05, 3.63) is 18.0 Å². The van der Waals surface area contributed by atoms with Gasteiger partial charge in [0.2, 0.25) is 10.0 Å². The number of rotatable bonds is 5. The van der Waals surface area contributed by atoms with Gasteiger partial charge in [0.05, 0.1) is 23.9 Å². The fraction of sp³-hybridized carbons (Fsp3) is 0.455. The number of carbonyl (C=O) groups is 2. The Balaban J connectivity index is 2.33. The second kappa shape index (κ2) is 5.16. The average molecular weight is 301 g/mol. The standard InChI is InChI=1S/C11H15N3O5S/c1-2-20(18,19)13-7-3-9-11(17)12-5-8(4-10(15)16)14(9)6-7/h3,6,8,13H,2,4-5H2,1H3,(H,12,17)(H,15,16). The zero-order chi connectivity index (χ0) is 14.9. The molecular weight excluding hydrogens is 286 g/mol. The number of carboxylic acids is 1. The van der Waals surface area contributed by atoms with Crippen LogP contribution >= 0.6 is 0 Å². The summed E-state index contributed by atoms with van der Waals surface area (Å²) in [6.45, 7) is 1.70. The summed E-state index contributed by atoms with van der Waals surface area (Å²) in [4.78, 5) is 22.5. The molecule has 1 atom stereocenters. The van der Waals surface area contributed by atoms with Gasteiger partial charge in [-0.2, -0.15) is 0 Å². The van der Waals surface area contributed by atoms with Crippen LogP contribution in [0.15, 0.2) is 12.3 Å². The molecule has 2 rings (SSSR count). The Hall–Kier alpha value is -2.03. The van der Waals surface area contributed by atoms with Crippen molar-refractivity contribution in [2.75, 3.05) is 17.0 Å². The highest BCUT2D eigenvalue weighted by molar-refractivity contribution is 7.92. The summed E-state index contributed by atoms with van der Waals surface area (Å²) in [6, 6.07) is 0.969. The zero-order valence-corrected chi connectivity index (χ0v) is 11.6. The first kappa shape index (κ1) is 14.4. The van der Waals surface area contributed by atoms with Crippen LogP contribution in [0.1, 0.15) is 29.9 Å². The fourth-order valence-electron chi connectivity index (χ4n) is 2.04. The maximum Gasteiger partial charge on any atom is 0.305 e. The highest BCUT2D eigenvalue weighted by Crippen LogP contribution is 2.24. The molecule has 0 bridgehead atoms. The number of aliphatic carboxylic acids is 1. The van der Waals surface area contributed by atoms with E-state index < -0.39 is 22.0 Å². The summed E-state index contributed by atoms with van der Waals surface area (Å²) < 4.78 is 26.9. The van der Waals surface area contributed by atoms with E-state index in [0.29, 0.717) is 0 Å². The molecule has 0 saturated heterocycles. The molecule has 1 aromatic heterocycles. The first-order valence-electron chi connectivity index (χ1n) is 6.04. The molecule has 1 aromatic rings. The SMILES string of the molecule is CCS(=O)(=O)Nc1cc2n(c1)C(CC(=O)O)CNC2=O. The number of aromatic nitrogens is 1. The fourth-order valence-corrected chi connectivity index (χ4v) is 2.66. The molecule has 1 aliphatic heterocycles. The second-order valence-electron chi connectivity index (χ2n) is 4.49. The third-order valence-corrected chi connectivity index (χ3v) is 4.34. The van der Waals surface area contributed by atoms with Gasteiger partial charge in [-0.25, -0.2) is 8.42 Å². The molecule has 0 radical (unpaired) electrons. The van der Waals surface area contributed by atoms with Gasteiger partial charge in [0.1, 0.15) is 5.69 Å². The molecule has 9 heteroatoms. The van der Waals surface area contributed by atoms with Crippen molar-refractivity contribution in [2.45, 2.75) is 19.4 Å². The predicted molar refractivity (Wildman–Crippen MR) is 71.1 cm³/mol. The summed E-state index contributed by atoms with van der Waals surface area (Å²) >= 11 is 0. The number of carbonyl (C=O) groups excluding carboxylic acids is 1. The number of anilines is 1. The van der Waals surface area contributed by atoms with E-state index >= 15 is 0 Å². The van der Waals surface area contributed by atoms with Crippen molar-refractivity contribution in [3.63, 3.8) is 0 Å². The predicted octanol–water partition coefficient (Wildman–Crippen LogP) is 0.00890. The van der Waals surface area contributed by atoms with Crippen molar-refractivity contribution in [1.82, 2.24) is 9.88 Å². The number of nitrogens with one attached hydrogen (secondary N) is 2. The van der Waals surface area contributed by atoms with Crippen LogP contribution < -0.4 is 10.0 Å². The zero-order valence-electron chi connectivity index (χ0n) is 10.8. The maximum absolute atomic E-state index is 11.7. The maximum atomic E-state index is 11.7. The average Bonchev–Trinajstić information content (AvgIpc) is 2.76. The van der Waals surface area contributed by atoms with Crippen molar-refractivity contribution in [3.8, 4) is 0 Å². The molecule has 0 spiro atoms. The van der Waals surface area contributed by atoms with Gasteiger partial charge < -0.3 is 15.0 Å². The van der Waals surface area contributed by atoms with E-state index in [1.165, 1.54) is 23.8 Å². The first-order valence-corrected chi connectivity index (χ1v) is 7.70. The summed E-state index contributed by atoms with van der Waals surface area (Å²) in [5, 5.41) is 11.4. The van der Waals surface area contributed by atoms with Crippen LogP contribution in [0.2, 0.25) is 0 Å². The number of hydrogen-bond donors (Lipinski definition) is 3. The Bertz CT molecular complexity index is 649. The lowest BCUT2D eigenvalue weighted by atomic mass is 10.1. The highest BCUT2D eigenvalue weighted by atomic mass is 32.2. The largest absolute Gasteiger partial charge is 0.481 e. The number of sulfonamides is 1. The molecule has 110 valence electrons. The van der Waals surface area contributed by atoms with E-state index in [1.54, 1.807) is 0 Å². The molecule has 1 aliphatic rings. The monoisotopic (exact) mass is 301 g/mol. The molecule has 3 N–H and O–H groups in total. The Kier molecular flexibility index (Phi) is 3.71. The lowest BCUT2D eigenvalue weighted by Gasteiger charge is -2.24. The van der Waals surface area contributed by atoms with Crippen LogP contribution in [0.5, 0.6) is 0 Å². The molecule has 0 aromatic carbocycles. The van der Waals surface area contributed by atoms with E-state index in [4.69, 9.17) is 5.11 Å². The minimum Gasteiger partial charge on any atom is -0.481 e. The third-order valence-electron chi connectivity index (χ3n) is 3.04. The molecule has 1 amide bonds. The highest BCUT2D eigenvalue weighted by Gasteiger charge is 2.27. The summed E-state index contributed by atoms with van der Waals surface area (Å²) in [5.41, 5.74) is 0.505. The van der Waals surface area contributed by atoms with Crippen molar-refractivity contribution in [2.24, 2.45) is 0 Å². The van der Waals surface area contributed by atoms with Crippen LogP contribution in [0.3, 0.4) is 0 Å². The van der Waals surface area contributed by atoms with Crippen LogP contribution in [-0.2, 0) is 14.8 Å².